The van der Waals surface area contributed by atoms with Gasteiger partial charge in [0.05, 0.1) is 22.3 Å². The zero-order valence-electron chi connectivity index (χ0n) is 19.6. The van der Waals surface area contributed by atoms with Crippen LogP contribution in [0.5, 0.6) is 5.75 Å². The van der Waals surface area contributed by atoms with E-state index in [1.165, 1.54) is 0 Å². The molecule has 1 N–H and O–H groups in total. The number of benzene rings is 2. The number of nitrogens with one attached hydrogen (secondary N) is 1. The Labute approximate surface area is 203 Å². The third-order valence-electron chi connectivity index (χ3n) is 6.72. The van der Waals surface area contributed by atoms with Crippen molar-refractivity contribution in [2.24, 2.45) is 0 Å². The van der Waals surface area contributed by atoms with E-state index in [0.717, 1.165) is 53.1 Å². The van der Waals surface area contributed by atoms with Gasteiger partial charge in [0.1, 0.15) is 23.8 Å². The summed E-state index contributed by atoms with van der Waals surface area (Å²) in [6.45, 7) is 3.71. The lowest BCUT2D eigenvalue weighted by Gasteiger charge is -2.32. The number of amides is 1. The number of likely N-dealkylation sites (tertiary alicyclic amines) is 1. The van der Waals surface area contributed by atoms with Gasteiger partial charge < -0.3 is 19.0 Å². The van der Waals surface area contributed by atoms with Gasteiger partial charge in [0.2, 0.25) is 0 Å². The maximum Gasteiger partial charge on any atom is 0.257 e. The quantitative estimate of drug-likeness (QED) is 0.391. The number of ether oxygens (including phenoxy) is 1. The molecule has 0 bridgehead atoms. The van der Waals surface area contributed by atoms with Crippen LogP contribution in [0.25, 0.3) is 16.7 Å². The fourth-order valence-corrected chi connectivity index (χ4v) is 4.92. The number of aryl methyl sites for hydroxylation is 1. The van der Waals surface area contributed by atoms with Crippen LogP contribution in [-0.2, 0) is 6.61 Å². The summed E-state index contributed by atoms with van der Waals surface area (Å²) in [6, 6.07) is 19.6. The summed E-state index contributed by atoms with van der Waals surface area (Å²) in [5, 5.41) is 0. The number of rotatable bonds is 5. The Morgan fingerprint density at radius 2 is 1.94 bits per heavy atom. The third-order valence-corrected chi connectivity index (χ3v) is 6.72. The number of H-pyrrole nitrogens is 1. The number of pyridine rings is 1. The summed E-state index contributed by atoms with van der Waals surface area (Å²) in [4.78, 5) is 28.4. The Hall–Kier alpha value is -4.13. The molecule has 1 saturated heterocycles. The second kappa shape index (κ2) is 8.91. The first kappa shape index (κ1) is 21.4. The van der Waals surface area contributed by atoms with E-state index >= 15 is 0 Å². The van der Waals surface area contributed by atoms with Crippen molar-refractivity contribution in [1.82, 2.24) is 24.3 Å². The van der Waals surface area contributed by atoms with Gasteiger partial charge >= 0.3 is 0 Å². The molecule has 4 heterocycles. The van der Waals surface area contributed by atoms with Crippen LogP contribution in [0.3, 0.4) is 0 Å². The number of hydrogen-bond donors (Lipinski definition) is 1. The number of carbonyl (C=O) groups excluding carboxylic acids is 1. The van der Waals surface area contributed by atoms with Crippen molar-refractivity contribution in [2.75, 3.05) is 13.1 Å². The van der Waals surface area contributed by atoms with Gasteiger partial charge in [-0.2, -0.15) is 0 Å². The molecule has 1 unspecified atom stereocenters. The average molecular weight is 466 g/mol. The molecule has 1 aliphatic rings. The van der Waals surface area contributed by atoms with Gasteiger partial charge in [-0.1, -0.05) is 30.3 Å². The van der Waals surface area contributed by atoms with Crippen molar-refractivity contribution in [3.8, 4) is 5.75 Å². The second-order valence-electron chi connectivity index (χ2n) is 9.17. The highest BCUT2D eigenvalue weighted by atomic mass is 16.5. The third kappa shape index (κ3) is 4.14. The van der Waals surface area contributed by atoms with E-state index in [-0.39, 0.29) is 11.8 Å². The molecule has 1 fully saturated rings. The van der Waals surface area contributed by atoms with Crippen LogP contribution in [0.1, 0.15) is 46.2 Å². The minimum atomic E-state index is -0.00717. The minimum absolute atomic E-state index is 0.00717. The Bertz CT molecular complexity index is 1490. The highest BCUT2D eigenvalue weighted by Crippen LogP contribution is 2.29. The van der Waals surface area contributed by atoms with Crippen LogP contribution in [-0.4, -0.2) is 43.2 Å². The molecule has 7 nitrogen and oxygen atoms in total. The van der Waals surface area contributed by atoms with Crippen molar-refractivity contribution in [1.29, 1.82) is 0 Å². The Morgan fingerprint density at radius 3 is 2.83 bits per heavy atom. The van der Waals surface area contributed by atoms with Gasteiger partial charge in [0.15, 0.2) is 0 Å². The maximum absolute atomic E-state index is 13.6. The highest BCUT2D eigenvalue weighted by Gasteiger charge is 2.28. The van der Waals surface area contributed by atoms with Gasteiger partial charge in [0, 0.05) is 31.4 Å². The number of aromatic amines is 1. The Balaban J connectivity index is 1.19. The van der Waals surface area contributed by atoms with Crippen molar-refractivity contribution >= 4 is 22.6 Å². The first-order valence-corrected chi connectivity index (χ1v) is 12.0. The molecule has 0 radical (unpaired) electrons. The summed E-state index contributed by atoms with van der Waals surface area (Å²) >= 11 is 0. The molecule has 1 aliphatic heterocycles. The molecule has 0 aliphatic carbocycles. The summed E-state index contributed by atoms with van der Waals surface area (Å²) in [5.41, 5.74) is 5.43. The van der Waals surface area contributed by atoms with E-state index in [2.05, 4.69) is 9.97 Å². The van der Waals surface area contributed by atoms with Crippen LogP contribution in [0.15, 0.2) is 73.1 Å². The molecule has 1 atom stereocenters. The van der Waals surface area contributed by atoms with E-state index in [1.54, 1.807) is 0 Å². The zero-order chi connectivity index (χ0) is 23.8. The van der Waals surface area contributed by atoms with Crippen molar-refractivity contribution < 1.29 is 9.53 Å². The van der Waals surface area contributed by atoms with Gasteiger partial charge in [-0.25, -0.2) is 9.97 Å². The summed E-state index contributed by atoms with van der Waals surface area (Å²) in [7, 11) is 0. The standard InChI is InChI=1S/C28H27N5O2/c1-19-8-6-14-32-17-21(29-27(19)32)18-35-25-13-5-2-10-22(25)28(34)33-15-7-9-20(16-33)26-30-23-11-3-4-12-24(23)31-26/h2-6,8,10-14,17,20H,7,9,15-16,18H2,1H3,(H,30,31). The lowest BCUT2D eigenvalue weighted by atomic mass is 9.96. The number of carbonyl (C=O) groups is 1. The van der Waals surface area contributed by atoms with Gasteiger partial charge in [-0.05, 0) is 55.7 Å². The number of nitrogens with zero attached hydrogens (tertiary/aromatic N) is 4. The highest BCUT2D eigenvalue weighted by molar-refractivity contribution is 5.97. The molecular formula is C28H27N5O2. The topological polar surface area (TPSA) is 75.5 Å². The first-order valence-electron chi connectivity index (χ1n) is 12.0. The minimum Gasteiger partial charge on any atom is -0.486 e. The van der Waals surface area contributed by atoms with Gasteiger partial charge in [-0.3, -0.25) is 4.79 Å². The molecule has 1 amide bonds. The number of piperidine rings is 1. The molecule has 0 spiro atoms. The smallest absolute Gasteiger partial charge is 0.257 e. The van der Waals surface area contributed by atoms with Crippen LogP contribution in [0.2, 0.25) is 0 Å². The molecule has 3 aromatic heterocycles. The number of aromatic nitrogens is 4. The SMILES string of the molecule is Cc1cccn2cc(COc3ccccc3C(=O)N3CCCC(c4nc5ccccc5[nH]4)C3)nc12. The molecular weight excluding hydrogens is 438 g/mol. The number of imidazole rings is 2. The Kier molecular flexibility index (Phi) is 5.45. The summed E-state index contributed by atoms with van der Waals surface area (Å²) in [5.74, 6) is 1.72. The number of para-hydroxylation sites is 3. The van der Waals surface area contributed by atoms with Gasteiger partial charge in [-0.15, -0.1) is 0 Å². The fraction of sp³-hybridized carbons (Fsp3) is 0.250. The van der Waals surface area contributed by atoms with Crippen LogP contribution in [0.4, 0.5) is 0 Å². The van der Waals surface area contributed by atoms with Crippen LogP contribution >= 0.6 is 0 Å². The molecule has 6 rings (SSSR count). The van der Waals surface area contributed by atoms with Crippen LogP contribution < -0.4 is 4.74 Å². The molecule has 0 saturated carbocycles. The molecule has 35 heavy (non-hydrogen) atoms. The normalized spacial score (nSPS) is 16.1. The molecule has 5 aromatic rings. The van der Waals surface area contributed by atoms with Gasteiger partial charge in [0.25, 0.3) is 5.91 Å². The first-order chi connectivity index (χ1) is 17.2. The maximum atomic E-state index is 13.6. The zero-order valence-corrected chi connectivity index (χ0v) is 19.6. The molecule has 176 valence electrons. The monoisotopic (exact) mass is 465 g/mol. The van der Waals surface area contributed by atoms with E-state index in [4.69, 9.17) is 9.72 Å². The fourth-order valence-electron chi connectivity index (χ4n) is 4.92. The van der Waals surface area contributed by atoms with Crippen molar-refractivity contribution in [2.45, 2.75) is 32.3 Å². The lowest BCUT2D eigenvalue weighted by Crippen LogP contribution is -2.39. The summed E-state index contributed by atoms with van der Waals surface area (Å²) in [6.07, 6.45) is 5.90. The lowest BCUT2D eigenvalue weighted by molar-refractivity contribution is 0.0700. The van der Waals surface area contributed by atoms with E-state index in [1.807, 2.05) is 89.3 Å². The predicted molar refractivity (Wildman–Crippen MR) is 135 cm³/mol. The Morgan fingerprint density at radius 1 is 1.09 bits per heavy atom. The van der Waals surface area contributed by atoms with E-state index < -0.39 is 0 Å². The predicted octanol–water partition coefficient (Wildman–Crippen LogP) is 5.12. The molecule has 2 aromatic carbocycles. The van der Waals surface area contributed by atoms with Crippen molar-refractivity contribution in [3.63, 3.8) is 0 Å². The van der Waals surface area contributed by atoms with Crippen molar-refractivity contribution in [3.05, 3.63) is 95.7 Å². The number of fused-ring (bicyclic) bond motifs is 2. The largest absolute Gasteiger partial charge is 0.486 e. The van der Waals surface area contributed by atoms with Crippen LogP contribution in [0, 0.1) is 6.92 Å². The second-order valence-corrected chi connectivity index (χ2v) is 9.17. The summed E-state index contributed by atoms with van der Waals surface area (Å²) < 4.78 is 8.11. The average Bonchev–Trinajstić information content (AvgIpc) is 3.52. The van der Waals surface area contributed by atoms with E-state index in [0.29, 0.717) is 24.5 Å². The number of hydrogen-bond acceptors (Lipinski definition) is 4. The molecule has 7 heteroatoms. The van der Waals surface area contributed by atoms with E-state index in [9.17, 15) is 4.79 Å².